The Kier molecular flexibility index (Phi) is 4.92. The summed E-state index contributed by atoms with van der Waals surface area (Å²) in [4.78, 5) is 2.75. The van der Waals surface area contributed by atoms with Crippen LogP contribution >= 0.6 is 0 Å². The van der Waals surface area contributed by atoms with Gasteiger partial charge in [-0.25, -0.2) is 12.9 Å². The van der Waals surface area contributed by atoms with Crippen molar-refractivity contribution in [2.45, 2.75) is 36.0 Å². The van der Waals surface area contributed by atoms with Gasteiger partial charge in [0.1, 0.15) is 0 Å². The Morgan fingerprint density at radius 3 is 2.61 bits per heavy atom. The minimum absolute atomic E-state index is 0.377. The van der Waals surface area contributed by atoms with E-state index in [-0.39, 0.29) is 0 Å². The zero-order valence-corrected chi connectivity index (χ0v) is 19.4. The molecule has 1 aliphatic heterocycles. The van der Waals surface area contributed by atoms with Crippen LogP contribution in [0.3, 0.4) is 0 Å². The SMILES string of the molecule is CS(=O)(=O)c1ccc(C2CCC(c3cc(N4CCOCC4)cn4nc5[nH]ncc5c34)C2)cc1. The lowest BCUT2D eigenvalue weighted by molar-refractivity contribution is 0.122. The molecule has 6 rings (SSSR count). The maximum Gasteiger partial charge on any atom is 0.178 e. The molecule has 0 amide bonds. The number of nitrogens with one attached hydrogen (secondary N) is 1. The molecule has 2 atom stereocenters. The van der Waals surface area contributed by atoms with Crippen LogP contribution in [-0.2, 0) is 14.6 Å². The van der Waals surface area contributed by atoms with Crippen molar-refractivity contribution in [3.63, 3.8) is 0 Å². The van der Waals surface area contributed by atoms with Gasteiger partial charge >= 0.3 is 0 Å². The molecule has 9 heteroatoms. The third-order valence-corrected chi connectivity index (χ3v) is 8.30. The molecule has 0 spiro atoms. The van der Waals surface area contributed by atoms with Gasteiger partial charge in [-0.05, 0) is 60.4 Å². The minimum Gasteiger partial charge on any atom is -0.378 e. The Hall–Kier alpha value is -2.91. The van der Waals surface area contributed by atoms with Crippen LogP contribution in [0, 0.1) is 0 Å². The summed E-state index contributed by atoms with van der Waals surface area (Å²) in [5, 5.41) is 13.0. The number of morpholine rings is 1. The van der Waals surface area contributed by atoms with E-state index < -0.39 is 9.84 Å². The van der Waals surface area contributed by atoms with Gasteiger partial charge in [-0.3, -0.25) is 5.10 Å². The summed E-state index contributed by atoms with van der Waals surface area (Å²) in [6.45, 7) is 3.25. The lowest BCUT2D eigenvalue weighted by Gasteiger charge is -2.29. The van der Waals surface area contributed by atoms with Crippen molar-refractivity contribution in [1.82, 2.24) is 19.8 Å². The number of hydrogen-bond acceptors (Lipinski definition) is 6. The first-order valence-corrected chi connectivity index (χ1v) is 13.3. The second-order valence-electron chi connectivity index (χ2n) is 9.23. The largest absolute Gasteiger partial charge is 0.378 e. The fourth-order valence-electron chi connectivity index (χ4n) is 5.44. The van der Waals surface area contributed by atoms with Crippen molar-refractivity contribution in [2.75, 3.05) is 37.5 Å². The zero-order valence-electron chi connectivity index (χ0n) is 18.6. The number of aromatic amines is 1. The summed E-state index contributed by atoms with van der Waals surface area (Å²) >= 11 is 0. The standard InChI is InChI=1S/C24H27N5O3S/c1-33(30,31)20-6-4-16(5-7-20)17-2-3-18(12-17)21-13-19(28-8-10-32-11-9-28)15-29-23(21)22-14-25-26-24(22)27-29/h4-7,13-15,17-18H,2-3,8-12H2,1H3,(H,26,27). The van der Waals surface area contributed by atoms with Crippen molar-refractivity contribution < 1.29 is 13.2 Å². The van der Waals surface area contributed by atoms with Crippen LogP contribution in [0.2, 0.25) is 0 Å². The number of H-pyrrole nitrogens is 1. The number of pyridine rings is 1. The molecule has 1 aliphatic carbocycles. The molecule has 4 aromatic rings. The van der Waals surface area contributed by atoms with E-state index in [0.717, 1.165) is 62.1 Å². The predicted molar refractivity (Wildman–Crippen MR) is 127 cm³/mol. The average molecular weight is 466 g/mol. The van der Waals surface area contributed by atoms with Gasteiger partial charge in [-0.1, -0.05) is 12.1 Å². The lowest BCUT2D eigenvalue weighted by Crippen LogP contribution is -2.36. The van der Waals surface area contributed by atoms with Gasteiger partial charge in [-0.2, -0.15) is 5.10 Å². The van der Waals surface area contributed by atoms with E-state index >= 15 is 0 Å². The van der Waals surface area contributed by atoms with Crippen LogP contribution in [0.4, 0.5) is 5.69 Å². The lowest BCUT2D eigenvalue weighted by atomic mass is 9.92. The van der Waals surface area contributed by atoms with E-state index in [9.17, 15) is 8.42 Å². The number of sulfone groups is 1. The summed E-state index contributed by atoms with van der Waals surface area (Å²) in [5.41, 5.74) is 5.65. The number of anilines is 1. The van der Waals surface area contributed by atoms with Gasteiger partial charge in [0.15, 0.2) is 15.5 Å². The maximum absolute atomic E-state index is 11.8. The second-order valence-corrected chi connectivity index (χ2v) is 11.2. The maximum atomic E-state index is 11.8. The van der Waals surface area contributed by atoms with Crippen LogP contribution in [-0.4, -0.2) is 60.8 Å². The highest BCUT2D eigenvalue weighted by atomic mass is 32.2. The Balaban J connectivity index is 1.36. The zero-order chi connectivity index (χ0) is 22.6. The van der Waals surface area contributed by atoms with Crippen molar-refractivity contribution in [3.8, 4) is 0 Å². The summed E-state index contributed by atoms with van der Waals surface area (Å²) in [6, 6.07) is 9.78. The van der Waals surface area contributed by atoms with Gasteiger partial charge < -0.3 is 9.64 Å². The molecule has 1 N–H and O–H groups in total. The molecular formula is C24H27N5O3S. The molecule has 0 radical (unpaired) electrons. The molecule has 2 unspecified atom stereocenters. The van der Waals surface area contributed by atoms with Crippen LogP contribution in [0.1, 0.15) is 42.2 Å². The minimum atomic E-state index is -3.18. The summed E-state index contributed by atoms with van der Waals surface area (Å²) in [5.74, 6) is 0.821. The topological polar surface area (TPSA) is 92.6 Å². The molecule has 2 fully saturated rings. The summed E-state index contributed by atoms with van der Waals surface area (Å²) < 4.78 is 31.2. The number of hydrogen-bond donors (Lipinski definition) is 1. The highest BCUT2D eigenvalue weighted by Gasteiger charge is 2.30. The van der Waals surface area contributed by atoms with Crippen molar-refractivity contribution in [3.05, 3.63) is 53.9 Å². The molecule has 0 bridgehead atoms. The smallest absolute Gasteiger partial charge is 0.178 e. The van der Waals surface area contributed by atoms with Gasteiger partial charge in [0, 0.05) is 19.3 Å². The number of fused-ring (bicyclic) bond motifs is 3. The van der Waals surface area contributed by atoms with Crippen LogP contribution < -0.4 is 4.90 Å². The number of aromatic nitrogens is 4. The molecule has 1 saturated heterocycles. The average Bonchev–Trinajstić information content (AvgIpc) is 3.55. The van der Waals surface area contributed by atoms with Gasteiger partial charge in [-0.15, -0.1) is 5.10 Å². The highest BCUT2D eigenvalue weighted by molar-refractivity contribution is 7.90. The van der Waals surface area contributed by atoms with E-state index in [0.29, 0.717) is 16.7 Å². The molecule has 33 heavy (non-hydrogen) atoms. The molecule has 1 aromatic carbocycles. The van der Waals surface area contributed by atoms with Crippen molar-refractivity contribution in [1.29, 1.82) is 0 Å². The monoisotopic (exact) mass is 465 g/mol. The number of rotatable bonds is 4. The second kappa shape index (κ2) is 7.85. The molecule has 2 aliphatic rings. The third-order valence-electron chi connectivity index (χ3n) is 7.17. The van der Waals surface area contributed by atoms with Gasteiger partial charge in [0.2, 0.25) is 0 Å². The summed E-state index contributed by atoms with van der Waals surface area (Å²) in [7, 11) is -3.18. The summed E-state index contributed by atoms with van der Waals surface area (Å²) in [6.07, 6.45) is 8.44. The Labute approximate surface area is 192 Å². The highest BCUT2D eigenvalue weighted by Crippen LogP contribution is 2.46. The fraction of sp³-hybridized carbons (Fsp3) is 0.417. The van der Waals surface area contributed by atoms with E-state index in [1.165, 1.54) is 23.1 Å². The molecular weight excluding hydrogens is 438 g/mol. The van der Waals surface area contributed by atoms with Crippen LogP contribution in [0.25, 0.3) is 16.6 Å². The Bertz CT molecular complexity index is 1420. The first-order valence-electron chi connectivity index (χ1n) is 11.5. The molecule has 8 nitrogen and oxygen atoms in total. The third kappa shape index (κ3) is 3.69. The van der Waals surface area contributed by atoms with Crippen molar-refractivity contribution in [2.24, 2.45) is 0 Å². The van der Waals surface area contributed by atoms with E-state index in [2.05, 4.69) is 27.4 Å². The first kappa shape index (κ1) is 20.7. The van der Waals surface area contributed by atoms with Gasteiger partial charge in [0.05, 0.1) is 47.1 Å². The predicted octanol–water partition coefficient (Wildman–Crippen LogP) is 3.50. The molecule has 1 saturated carbocycles. The number of benzene rings is 1. The molecule has 4 heterocycles. The number of nitrogens with zero attached hydrogens (tertiary/aromatic N) is 4. The van der Waals surface area contributed by atoms with E-state index in [1.807, 2.05) is 22.8 Å². The molecule has 172 valence electrons. The first-order chi connectivity index (χ1) is 16.0. The Morgan fingerprint density at radius 2 is 1.85 bits per heavy atom. The van der Waals surface area contributed by atoms with Crippen LogP contribution in [0.5, 0.6) is 0 Å². The normalized spacial score (nSPS) is 21.9. The van der Waals surface area contributed by atoms with E-state index in [1.54, 1.807) is 12.1 Å². The fourth-order valence-corrected chi connectivity index (χ4v) is 6.07. The van der Waals surface area contributed by atoms with Crippen molar-refractivity contribution >= 4 is 32.1 Å². The number of ether oxygens (including phenoxy) is 1. The van der Waals surface area contributed by atoms with Gasteiger partial charge in [0.25, 0.3) is 0 Å². The van der Waals surface area contributed by atoms with Crippen LogP contribution in [0.15, 0.2) is 47.6 Å². The Morgan fingerprint density at radius 1 is 1.09 bits per heavy atom. The quantitative estimate of drug-likeness (QED) is 0.496. The van der Waals surface area contributed by atoms with E-state index in [4.69, 9.17) is 9.84 Å². The molecule has 3 aromatic heterocycles.